The number of hydrogen-bond donors (Lipinski definition) is 1. The van der Waals surface area contributed by atoms with Gasteiger partial charge in [0, 0.05) is 37.6 Å². The quantitative estimate of drug-likeness (QED) is 0.930. The van der Waals surface area contributed by atoms with Crippen LogP contribution < -0.4 is 5.73 Å². The van der Waals surface area contributed by atoms with Gasteiger partial charge in [0.15, 0.2) is 0 Å². The van der Waals surface area contributed by atoms with E-state index in [1.54, 1.807) is 0 Å². The summed E-state index contributed by atoms with van der Waals surface area (Å²) >= 11 is 0. The Morgan fingerprint density at radius 3 is 2.60 bits per heavy atom. The van der Waals surface area contributed by atoms with E-state index in [1.807, 2.05) is 6.20 Å². The number of halogens is 2. The molecule has 20 heavy (non-hydrogen) atoms. The van der Waals surface area contributed by atoms with Crippen LogP contribution in [0.1, 0.15) is 46.0 Å². The van der Waals surface area contributed by atoms with Crippen molar-refractivity contribution in [1.82, 2.24) is 14.5 Å². The Morgan fingerprint density at radius 2 is 2.05 bits per heavy atom. The summed E-state index contributed by atoms with van der Waals surface area (Å²) in [6, 6.07) is 0.793. The molecule has 1 aromatic rings. The predicted molar refractivity (Wildman–Crippen MR) is 88.8 cm³/mol. The van der Waals surface area contributed by atoms with Crippen LogP contribution in [0.15, 0.2) is 12.4 Å². The Balaban J connectivity index is 0.00000180. The molecule has 0 aromatic carbocycles. The van der Waals surface area contributed by atoms with Crippen LogP contribution >= 0.6 is 24.8 Å². The third-order valence-electron chi connectivity index (χ3n) is 4.06. The summed E-state index contributed by atoms with van der Waals surface area (Å²) in [6.07, 6.45) is 5.05. The number of nitrogens with two attached hydrogens (primary N) is 1. The lowest BCUT2D eigenvalue weighted by Crippen LogP contribution is -2.52. The zero-order valence-corrected chi connectivity index (χ0v) is 14.5. The molecular formula is C14H28Cl2N4. The molecular weight excluding hydrogens is 295 g/mol. The molecule has 2 rings (SSSR count). The molecule has 4 nitrogen and oxygen atoms in total. The minimum absolute atomic E-state index is 0. The summed E-state index contributed by atoms with van der Waals surface area (Å²) in [7, 11) is 0. The van der Waals surface area contributed by atoms with E-state index in [0.29, 0.717) is 12.1 Å². The van der Waals surface area contributed by atoms with Gasteiger partial charge in [-0.2, -0.15) is 0 Å². The zero-order chi connectivity index (χ0) is 13.3. The third kappa shape index (κ3) is 4.35. The second-order valence-corrected chi connectivity index (χ2v) is 6.44. The van der Waals surface area contributed by atoms with Crippen molar-refractivity contribution in [2.75, 3.05) is 13.1 Å². The van der Waals surface area contributed by atoms with Crippen molar-refractivity contribution in [3.05, 3.63) is 18.2 Å². The van der Waals surface area contributed by atoms with Gasteiger partial charge in [0.1, 0.15) is 5.82 Å². The smallest absolute Gasteiger partial charge is 0.123 e. The maximum absolute atomic E-state index is 6.18. The molecule has 0 amide bonds. The van der Waals surface area contributed by atoms with E-state index in [1.165, 1.54) is 0 Å². The van der Waals surface area contributed by atoms with Gasteiger partial charge in [0.05, 0.1) is 6.54 Å². The van der Waals surface area contributed by atoms with Gasteiger partial charge >= 0.3 is 0 Å². The summed E-state index contributed by atoms with van der Waals surface area (Å²) in [5.74, 6) is 1.16. The van der Waals surface area contributed by atoms with Crippen LogP contribution in [-0.2, 0) is 6.54 Å². The highest BCUT2D eigenvalue weighted by molar-refractivity contribution is 5.85. The molecule has 0 spiro atoms. The molecule has 1 aromatic heterocycles. The summed E-state index contributed by atoms with van der Waals surface area (Å²) in [5.41, 5.74) is 6.38. The SMILES string of the molecule is CC(C)n1ccnc1CN1CCC(N)C(C)(C)C1.Cl.Cl. The fraction of sp³-hybridized carbons (Fsp3) is 0.786. The number of likely N-dealkylation sites (tertiary alicyclic amines) is 1. The van der Waals surface area contributed by atoms with Crippen molar-refractivity contribution < 1.29 is 0 Å². The second-order valence-electron chi connectivity index (χ2n) is 6.44. The number of rotatable bonds is 3. The Labute approximate surface area is 134 Å². The maximum Gasteiger partial charge on any atom is 0.123 e. The van der Waals surface area contributed by atoms with Crippen LogP contribution in [0.2, 0.25) is 0 Å². The molecule has 6 heteroatoms. The molecule has 1 fully saturated rings. The number of imidazole rings is 1. The van der Waals surface area contributed by atoms with Crippen LogP contribution in [0, 0.1) is 5.41 Å². The van der Waals surface area contributed by atoms with Crippen molar-refractivity contribution in [3.8, 4) is 0 Å². The molecule has 1 aliphatic rings. The zero-order valence-electron chi connectivity index (χ0n) is 12.9. The van der Waals surface area contributed by atoms with Crippen LogP contribution in [0.3, 0.4) is 0 Å². The van der Waals surface area contributed by atoms with Crippen molar-refractivity contribution in [2.24, 2.45) is 11.1 Å². The van der Waals surface area contributed by atoms with E-state index in [0.717, 1.165) is 31.9 Å². The van der Waals surface area contributed by atoms with Crippen LogP contribution in [0.25, 0.3) is 0 Å². The van der Waals surface area contributed by atoms with Crippen LogP contribution in [0.4, 0.5) is 0 Å². The van der Waals surface area contributed by atoms with Crippen molar-refractivity contribution in [3.63, 3.8) is 0 Å². The van der Waals surface area contributed by atoms with Gasteiger partial charge in [-0.15, -0.1) is 24.8 Å². The minimum Gasteiger partial charge on any atom is -0.331 e. The minimum atomic E-state index is 0. The monoisotopic (exact) mass is 322 g/mol. The van der Waals surface area contributed by atoms with Gasteiger partial charge in [0.25, 0.3) is 0 Å². The molecule has 1 saturated heterocycles. The van der Waals surface area contributed by atoms with Gasteiger partial charge in [0.2, 0.25) is 0 Å². The van der Waals surface area contributed by atoms with Gasteiger partial charge in [-0.25, -0.2) is 4.98 Å². The molecule has 0 bridgehead atoms. The third-order valence-corrected chi connectivity index (χ3v) is 4.06. The normalized spacial score (nSPS) is 22.2. The first kappa shape index (κ1) is 19.7. The van der Waals surface area contributed by atoms with Gasteiger partial charge in [-0.3, -0.25) is 4.90 Å². The predicted octanol–water partition coefficient (Wildman–Crippen LogP) is 2.87. The highest BCUT2D eigenvalue weighted by Crippen LogP contribution is 2.28. The number of nitrogens with zero attached hydrogens (tertiary/aromatic N) is 3. The van der Waals surface area contributed by atoms with E-state index in [-0.39, 0.29) is 30.2 Å². The molecule has 2 N–H and O–H groups in total. The standard InChI is InChI=1S/C14H26N4.2ClH/c1-11(2)18-8-6-16-13(18)9-17-7-5-12(15)14(3,4)10-17;;/h6,8,11-12H,5,7,9-10,15H2,1-4H3;2*1H. The number of aromatic nitrogens is 2. The fourth-order valence-electron chi connectivity index (χ4n) is 2.76. The first-order valence-electron chi connectivity index (χ1n) is 6.90. The highest BCUT2D eigenvalue weighted by Gasteiger charge is 2.33. The Hall–Kier alpha value is -0.290. The molecule has 0 aliphatic carbocycles. The Bertz CT molecular complexity index is 404. The molecule has 0 radical (unpaired) electrons. The van der Waals surface area contributed by atoms with E-state index in [9.17, 15) is 0 Å². The van der Waals surface area contributed by atoms with Gasteiger partial charge in [-0.05, 0) is 25.7 Å². The summed E-state index contributed by atoms with van der Waals surface area (Å²) in [6.45, 7) is 12.0. The summed E-state index contributed by atoms with van der Waals surface area (Å²) < 4.78 is 2.25. The fourth-order valence-corrected chi connectivity index (χ4v) is 2.76. The van der Waals surface area contributed by atoms with Gasteiger partial charge in [-0.1, -0.05) is 13.8 Å². The van der Waals surface area contributed by atoms with Gasteiger partial charge < -0.3 is 10.3 Å². The molecule has 2 heterocycles. The van der Waals surface area contributed by atoms with Crippen LogP contribution in [0.5, 0.6) is 0 Å². The average molecular weight is 323 g/mol. The summed E-state index contributed by atoms with van der Waals surface area (Å²) in [4.78, 5) is 6.97. The molecule has 1 atom stereocenters. The number of hydrogen-bond acceptors (Lipinski definition) is 3. The van der Waals surface area contributed by atoms with Crippen molar-refractivity contribution in [2.45, 2.75) is 52.7 Å². The highest BCUT2D eigenvalue weighted by atomic mass is 35.5. The van der Waals surface area contributed by atoms with Crippen molar-refractivity contribution >= 4 is 24.8 Å². The first-order valence-corrected chi connectivity index (χ1v) is 6.90. The molecule has 0 saturated carbocycles. The molecule has 1 aliphatic heterocycles. The summed E-state index contributed by atoms with van der Waals surface area (Å²) in [5, 5.41) is 0. The lowest BCUT2D eigenvalue weighted by molar-refractivity contribution is 0.0867. The average Bonchev–Trinajstić information content (AvgIpc) is 2.71. The topological polar surface area (TPSA) is 47.1 Å². The number of piperidine rings is 1. The largest absolute Gasteiger partial charge is 0.331 e. The van der Waals surface area contributed by atoms with Crippen LogP contribution in [-0.4, -0.2) is 33.6 Å². The van der Waals surface area contributed by atoms with Crippen molar-refractivity contribution in [1.29, 1.82) is 0 Å². The maximum atomic E-state index is 6.18. The molecule has 118 valence electrons. The lowest BCUT2D eigenvalue weighted by Gasteiger charge is -2.42. The first-order chi connectivity index (χ1) is 8.40. The van der Waals surface area contributed by atoms with E-state index in [4.69, 9.17) is 5.73 Å². The van der Waals surface area contributed by atoms with E-state index in [2.05, 4.69) is 48.3 Å². The molecule has 1 unspecified atom stereocenters. The second kappa shape index (κ2) is 7.64. The Morgan fingerprint density at radius 1 is 1.40 bits per heavy atom. The lowest BCUT2D eigenvalue weighted by atomic mass is 9.80. The Kier molecular flexibility index (Phi) is 7.53. The van der Waals surface area contributed by atoms with E-state index < -0.39 is 0 Å². The van der Waals surface area contributed by atoms with E-state index >= 15 is 0 Å².